The third kappa shape index (κ3) is 2.89. The summed E-state index contributed by atoms with van der Waals surface area (Å²) in [6.07, 6.45) is 2.03. The van der Waals surface area contributed by atoms with Crippen LogP contribution in [0.15, 0.2) is 29.6 Å². The number of nitrogens with one attached hydrogen (secondary N) is 1. The summed E-state index contributed by atoms with van der Waals surface area (Å²) in [5.41, 5.74) is 0.853. The van der Waals surface area contributed by atoms with Crippen molar-refractivity contribution in [2.75, 3.05) is 20.1 Å². The van der Waals surface area contributed by atoms with Crippen LogP contribution in [0.5, 0.6) is 0 Å². The Hall–Kier alpha value is -1.79. The average Bonchev–Trinajstić information content (AvgIpc) is 3.17. The van der Waals surface area contributed by atoms with E-state index >= 15 is 0 Å². The fraction of sp³-hybridized carbons (Fsp3) is 0.375. The molecular weight excluding hydrogens is 301 g/mol. The Morgan fingerprint density at radius 1 is 1.50 bits per heavy atom. The highest BCUT2D eigenvalue weighted by Gasteiger charge is 2.30. The number of halogens is 1. The standard InChI is InChI=1S/C16H18FN3OS/c1-18-9-11-5-4-8-20(11)16(21)14-10-22-15(19-14)12-6-2-3-7-13(12)17/h2-3,6-7,10-11,18H,4-5,8-9H2,1H3/t11-/m0/s1. The molecule has 1 aromatic carbocycles. The Balaban J connectivity index is 1.82. The van der Waals surface area contributed by atoms with Crippen LogP contribution >= 0.6 is 11.3 Å². The zero-order valence-electron chi connectivity index (χ0n) is 12.4. The van der Waals surface area contributed by atoms with E-state index in [-0.39, 0.29) is 17.8 Å². The maximum atomic E-state index is 13.8. The van der Waals surface area contributed by atoms with Gasteiger partial charge >= 0.3 is 0 Å². The second-order valence-corrected chi connectivity index (χ2v) is 6.23. The number of rotatable bonds is 4. The van der Waals surface area contributed by atoms with Crippen molar-refractivity contribution in [1.29, 1.82) is 0 Å². The van der Waals surface area contributed by atoms with Crippen molar-refractivity contribution in [3.8, 4) is 10.6 Å². The average molecular weight is 319 g/mol. The van der Waals surface area contributed by atoms with Crippen LogP contribution in [-0.4, -0.2) is 42.0 Å². The predicted octanol–water partition coefficient (Wildman–Crippen LogP) is 2.77. The number of aromatic nitrogens is 1. The van der Waals surface area contributed by atoms with Crippen LogP contribution in [0.2, 0.25) is 0 Å². The van der Waals surface area contributed by atoms with Crippen molar-refractivity contribution in [3.63, 3.8) is 0 Å². The molecular formula is C16H18FN3OS. The van der Waals surface area contributed by atoms with E-state index in [1.807, 2.05) is 11.9 Å². The molecule has 4 nitrogen and oxygen atoms in total. The van der Waals surface area contributed by atoms with E-state index in [4.69, 9.17) is 0 Å². The predicted molar refractivity (Wildman–Crippen MR) is 85.5 cm³/mol. The van der Waals surface area contributed by atoms with Gasteiger partial charge in [0.05, 0.1) is 0 Å². The summed E-state index contributed by atoms with van der Waals surface area (Å²) in [4.78, 5) is 18.8. The molecule has 1 aliphatic heterocycles. The van der Waals surface area contributed by atoms with Crippen molar-refractivity contribution in [1.82, 2.24) is 15.2 Å². The second kappa shape index (κ2) is 6.54. The molecule has 1 atom stereocenters. The number of nitrogens with zero attached hydrogens (tertiary/aromatic N) is 2. The highest BCUT2D eigenvalue weighted by molar-refractivity contribution is 7.13. The van der Waals surface area contributed by atoms with Crippen LogP contribution in [-0.2, 0) is 0 Å². The Kier molecular flexibility index (Phi) is 4.49. The highest BCUT2D eigenvalue weighted by Crippen LogP contribution is 2.27. The van der Waals surface area contributed by atoms with Crippen molar-refractivity contribution in [2.45, 2.75) is 18.9 Å². The van der Waals surface area contributed by atoms with Gasteiger partial charge in [-0.25, -0.2) is 9.37 Å². The first-order valence-corrected chi connectivity index (χ1v) is 8.24. The lowest BCUT2D eigenvalue weighted by molar-refractivity contribution is 0.0732. The van der Waals surface area contributed by atoms with Gasteiger partial charge in [0.1, 0.15) is 16.5 Å². The van der Waals surface area contributed by atoms with Crippen LogP contribution in [0.3, 0.4) is 0 Å². The van der Waals surface area contributed by atoms with Gasteiger partial charge in [0.15, 0.2) is 0 Å². The topological polar surface area (TPSA) is 45.2 Å². The van der Waals surface area contributed by atoms with Gasteiger partial charge in [-0.05, 0) is 32.0 Å². The summed E-state index contributed by atoms with van der Waals surface area (Å²) >= 11 is 1.30. The number of carbonyl (C=O) groups is 1. The molecule has 1 fully saturated rings. The number of hydrogen-bond donors (Lipinski definition) is 1. The lowest BCUT2D eigenvalue weighted by Crippen LogP contribution is -2.40. The molecule has 1 amide bonds. The molecule has 116 valence electrons. The maximum Gasteiger partial charge on any atom is 0.273 e. The normalized spacial score (nSPS) is 17.9. The maximum absolute atomic E-state index is 13.8. The van der Waals surface area contributed by atoms with Gasteiger partial charge in [-0.2, -0.15) is 0 Å². The zero-order valence-corrected chi connectivity index (χ0v) is 13.2. The van der Waals surface area contributed by atoms with Crippen molar-refractivity contribution < 1.29 is 9.18 Å². The molecule has 3 rings (SSSR count). The molecule has 0 unspecified atom stereocenters. The molecule has 22 heavy (non-hydrogen) atoms. The van der Waals surface area contributed by atoms with E-state index in [2.05, 4.69) is 10.3 Å². The number of benzene rings is 1. The number of likely N-dealkylation sites (N-methyl/N-ethyl adjacent to an activating group) is 1. The second-order valence-electron chi connectivity index (χ2n) is 5.37. The molecule has 0 aliphatic carbocycles. The number of amides is 1. The summed E-state index contributed by atoms with van der Waals surface area (Å²) < 4.78 is 13.8. The van der Waals surface area contributed by atoms with Crippen molar-refractivity contribution >= 4 is 17.2 Å². The van der Waals surface area contributed by atoms with Crippen molar-refractivity contribution in [2.24, 2.45) is 0 Å². The zero-order chi connectivity index (χ0) is 15.5. The SMILES string of the molecule is CNC[C@@H]1CCCN1C(=O)c1csc(-c2ccccc2F)n1. The molecule has 0 radical (unpaired) electrons. The summed E-state index contributed by atoms with van der Waals surface area (Å²) in [5.74, 6) is -0.373. The largest absolute Gasteiger partial charge is 0.333 e. The summed E-state index contributed by atoms with van der Waals surface area (Å²) in [7, 11) is 1.89. The fourth-order valence-electron chi connectivity index (χ4n) is 2.83. The molecule has 6 heteroatoms. The Morgan fingerprint density at radius 2 is 2.32 bits per heavy atom. The van der Waals surface area contributed by atoms with E-state index in [1.165, 1.54) is 17.4 Å². The molecule has 1 aromatic heterocycles. The van der Waals surface area contributed by atoms with Crippen LogP contribution < -0.4 is 5.32 Å². The van der Waals surface area contributed by atoms with Crippen LogP contribution in [0.1, 0.15) is 23.3 Å². The molecule has 0 saturated carbocycles. The monoisotopic (exact) mass is 319 g/mol. The molecule has 1 aliphatic rings. The smallest absolute Gasteiger partial charge is 0.273 e. The minimum Gasteiger partial charge on any atom is -0.333 e. The summed E-state index contributed by atoms with van der Waals surface area (Å²) in [6, 6.07) is 6.72. The summed E-state index contributed by atoms with van der Waals surface area (Å²) in [6.45, 7) is 1.55. The first-order chi connectivity index (χ1) is 10.7. The first-order valence-electron chi connectivity index (χ1n) is 7.36. The molecule has 0 bridgehead atoms. The molecule has 0 spiro atoms. The Morgan fingerprint density at radius 3 is 3.09 bits per heavy atom. The third-order valence-electron chi connectivity index (χ3n) is 3.91. The summed E-state index contributed by atoms with van der Waals surface area (Å²) in [5, 5.41) is 5.39. The highest BCUT2D eigenvalue weighted by atomic mass is 32.1. The van der Waals surface area contributed by atoms with Gasteiger partial charge in [-0.15, -0.1) is 11.3 Å². The number of thiazole rings is 1. The van der Waals surface area contributed by atoms with Gasteiger partial charge in [-0.1, -0.05) is 12.1 Å². The van der Waals surface area contributed by atoms with Crippen molar-refractivity contribution in [3.05, 3.63) is 41.2 Å². The molecule has 1 saturated heterocycles. The number of hydrogen-bond acceptors (Lipinski definition) is 4. The number of likely N-dealkylation sites (tertiary alicyclic amines) is 1. The first kappa shape index (κ1) is 15.1. The lowest BCUT2D eigenvalue weighted by Gasteiger charge is -2.23. The minimum atomic E-state index is -0.315. The third-order valence-corrected chi connectivity index (χ3v) is 4.78. The Bertz CT molecular complexity index is 673. The van der Waals surface area contributed by atoms with Gasteiger partial charge in [0.2, 0.25) is 0 Å². The minimum absolute atomic E-state index is 0.0587. The van der Waals surface area contributed by atoms with Gasteiger partial charge < -0.3 is 10.2 Å². The van der Waals surface area contributed by atoms with E-state index in [0.717, 1.165) is 25.9 Å². The Labute approximate surface area is 133 Å². The molecule has 1 N–H and O–H groups in total. The van der Waals surface area contributed by atoms with Crippen LogP contribution in [0.4, 0.5) is 4.39 Å². The van der Waals surface area contributed by atoms with E-state index in [1.54, 1.807) is 23.6 Å². The number of carbonyl (C=O) groups excluding carboxylic acids is 1. The molecule has 2 heterocycles. The molecule has 2 aromatic rings. The van der Waals surface area contributed by atoms with Crippen LogP contribution in [0, 0.1) is 5.82 Å². The van der Waals surface area contributed by atoms with Gasteiger partial charge in [0.25, 0.3) is 5.91 Å². The lowest BCUT2D eigenvalue weighted by atomic mass is 10.2. The van der Waals surface area contributed by atoms with E-state index in [9.17, 15) is 9.18 Å². The fourth-order valence-corrected chi connectivity index (χ4v) is 3.65. The van der Waals surface area contributed by atoms with Gasteiger partial charge in [-0.3, -0.25) is 4.79 Å². The van der Waals surface area contributed by atoms with Gasteiger partial charge in [0, 0.05) is 30.1 Å². The van der Waals surface area contributed by atoms with Crippen LogP contribution in [0.25, 0.3) is 10.6 Å². The van der Waals surface area contributed by atoms with E-state index in [0.29, 0.717) is 16.3 Å². The quantitative estimate of drug-likeness (QED) is 0.942. The van der Waals surface area contributed by atoms with E-state index < -0.39 is 0 Å².